The van der Waals surface area contributed by atoms with Gasteiger partial charge in [-0.3, -0.25) is 14.5 Å². The van der Waals surface area contributed by atoms with Crippen molar-refractivity contribution in [2.75, 3.05) is 26.7 Å². The van der Waals surface area contributed by atoms with Crippen molar-refractivity contribution in [2.45, 2.75) is 44.8 Å². The normalized spacial score (nSPS) is 19.8. The lowest BCUT2D eigenvalue weighted by atomic mass is 9.79. The molecule has 1 unspecified atom stereocenters. The molecule has 1 aliphatic heterocycles. The van der Waals surface area contributed by atoms with E-state index in [0.717, 1.165) is 49.9 Å². The van der Waals surface area contributed by atoms with Crippen LogP contribution >= 0.6 is 0 Å². The number of pyridine rings is 1. The lowest BCUT2D eigenvalue weighted by Gasteiger charge is -2.38. The fourth-order valence-corrected chi connectivity index (χ4v) is 5.15. The number of ether oxygens (including phenoxy) is 1. The summed E-state index contributed by atoms with van der Waals surface area (Å²) < 4.78 is 22.6. The van der Waals surface area contributed by atoms with E-state index in [1.807, 2.05) is 35.1 Å². The number of nitrogens with zero attached hydrogens (tertiary/aromatic N) is 4. The third kappa shape index (κ3) is 6.11. The van der Waals surface area contributed by atoms with Gasteiger partial charge in [0, 0.05) is 43.5 Å². The third-order valence-corrected chi connectivity index (χ3v) is 6.94. The van der Waals surface area contributed by atoms with Crippen LogP contribution < -0.4 is 4.74 Å². The number of hydrogen-bond donors (Lipinski definition) is 1. The summed E-state index contributed by atoms with van der Waals surface area (Å²) in [6.07, 6.45) is 7.29. The van der Waals surface area contributed by atoms with Crippen molar-refractivity contribution >= 4 is 16.9 Å². The quantitative estimate of drug-likeness (QED) is 0.438. The highest BCUT2D eigenvalue weighted by atomic mass is 19.1. The van der Waals surface area contributed by atoms with Crippen LogP contribution in [-0.4, -0.2) is 57.5 Å². The minimum Gasteiger partial charge on any atom is -0.497 e. The second-order valence-electron chi connectivity index (χ2n) is 9.16. The van der Waals surface area contributed by atoms with Crippen LogP contribution in [0.25, 0.3) is 10.9 Å². The Bertz CT molecular complexity index is 1080. The Morgan fingerprint density at radius 3 is 2.91 bits per heavy atom. The molecular weight excluding hydrogens is 435 g/mol. The number of fused-ring (bicyclic) bond motifs is 1. The summed E-state index contributed by atoms with van der Waals surface area (Å²) in [4.78, 5) is 18.2. The highest BCUT2D eigenvalue weighted by Crippen LogP contribution is 2.36. The first-order chi connectivity index (χ1) is 16.5. The molecule has 7 nitrogen and oxygen atoms in total. The number of halogens is 1. The van der Waals surface area contributed by atoms with Crippen molar-refractivity contribution in [3.63, 3.8) is 0 Å². The summed E-state index contributed by atoms with van der Waals surface area (Å²) in [6.45, 7) is 3.44. The van der Waals surface area contributed by atoms with E-state index in [2.05, 4.69) is 15.0 Å². The zero-order chi connectivity index (χ0) is 23.9. The maximum atomic E-state index is 15.4. The first-order valence-electron chi connectivity index (χ1n) is 12.0. The van der Waals surface area contributed by atoms with Crippen LogP contribution in [0.15, 0.2) is 48.9 Å². The molecule has 3 atom stereocenters. The number of aryl methyl sites for hydroxylation is 1. The van der Waals surface area contributed by atoms with E-state index in [1.54, 1.807) is 25.6 Å². The van der Waals surface area contributed by atoms with Crippen molar-refractivity contribution in [2.24, 2.45) is 11.8 Å². The molecule has 8 heteroatoms. The maximum Gasteiger partial charge on any atom is 0.303 e. The monoisotopic (exact) mass is 468 g/mol. The standard InChI is InChI=1S/C26H33FN4O3/c1-34-21-5-7-25-23(17-21)22(8-11-28-25)24(27)6-4-19-9-15-30(18-20(19)16-26(32)33)12-3-14-31-13-2-10-29-31/h2,5,7-8,10-11,13,17,19-20,24H,3-4,6,9,12,14-16,18H2,1H3,(H,32,33)/t19-,20+,24?/m1/s1. The number of likely N-dealkylation sites (tertiary alicyclic amines) is 1. The molecule has 3 heterocycles. The molecular formula is C26H33FN4O3. The number of alkyl halides is 1. The number of carboxylic acid groups (broad SMARTS) is 1. The SMILES string of the molecule is COc1ccc2nccc(C(F)CC[C@@H]3CCN(CCCn4cccn4)C[C@@H]3CC(=O)O)c2c1. The van der Waals surface area contributed by atoms with E-state index < -0.39 is 12.1 Å². The highest BCUT2D eigenvalue weighted by Gasteiger charge is 2.31. The average Bonchev–Trinajstić information content (AvgIpc) is 3.36. The summed E-state index contributed by atoms with van der Waals surface area (Å²) in [5.41, 5.74) is 1.36. The number of piperidine rings is 1. The number of hydrogen-bond acceptors (Lipinski definition) is 5. The van der Waals surface area contributed by atoms with Crippen LogP contribution in [0.2, 0.25) is 0 Å². The van der Waals surface area contributed by atoms with Gasteiger partial charge in [0.1, 0.15) is 11.9 Å². The summed E-state index contributed by atoms with van der Waals surface area (Å²) in [6, 6.07) is 9.15. The zero-order valence-electron chi connectivity index (χ0n) is 19.6. The van der Waals surface area contributed by atoms with Gasteiger partial charge in [0.25, 0.3) is 0 Å². The summed E-state index contributed by atoms with van der Waals surface area (Å²) >= 11 is 0. The van der Waals surface area contributed by atoms with Gasteiger partial charge in [-0.15, -0.1) is 0 Å². The molecule has 0 bridgehead atoms. The van der Waals surface area contributed by atoms with E-state index in [4.69, 9.17) is 4.74 Å². The minimum absolute atomic E-state index is 0.0393. The molecule has 2 aromatic heterocycles. The Kier molecular flexibility index (Phi) is 8.11. The number of aromatic nitrogens is 3. The molecule has 0 radical (unpaired) electrons. The van der Waals surface area contributed by atoms with Crippen LogP contribution in [0.3, 0.4) is 0 Å². The molecule has 1 fully saturated rings. The van der Waals surface area contributed by atoms with Gasteiger partial charge in [-0.2, -0.15) is 5.10 Å². The van der Waals surface area contributed by atoms with E-state index in [-0.39, 0.29) is 18.3 Å². The molecule has 3 aromatic rings. The maximum absolute atomic E-state index is 15.4. The van der Waals surface area contributed by atoms with Crippen molar-refractivity contribution in [3.8, 4) is 5.75 Å². The number of carboxylic acids is 1. The number of rotatable bonds is 11. The Morgan fingerprint density at radius 2 is 2.15 bits per heavy atom. The fraction of sp³-hybridized carbons (Fsp3) is 0.500. The molecule has 34 heavy (non-hydrogen) atoms. The Hall–Kier alpha value is -3.00. The van der Waals surface area contributed by atoms with Gasteiger partial charge in [-0.05, 0) is 86.5 Å². The molecule has 182 valence electrons. The topological polar surface area (TPSA) is 80.5 Å². The van der Waals surface area contributed by atoms with E-state index in [0.29, 0.717) is 24.2 Å². The van der Waals surface area contributed by atoms with Crippen LogP contribution in [0, 0.1) is 11.8 Å². The molecule has 1 saturated heterocycles. The lowest BCUT2D eigenvalue weighted by Crippen LogP contribution is -2.42. The van der Waals surface area contributed by atoms with Crippen LogP contribution in [0.1, 0.15) is 43.8 Å². The van der Waals surface area contributed by atoms with Crippen LogP contribution in [0.4, 0.5) is 4.39 Å². The van der Waals surface area contributed by atoms with Crippen LogP contribution in [0.5, 0.6) is 5.75 Å². The largest absolute Gasteiger partial charge is 0.497 e. The highest BCUT2D eigenvalue weighted by molar-refractivity contribution is 5.83. The minimum atomic E-state index is -1.13. The number of methoxy groups -OCH3 is 1. The molecule has 0 amide bonds. The number of carbonyl (C=O) groups is 1. The first kappa shape index (κ1) is 24.1. The Labute approximate surface area is 199 Å². The van der Waals surface area contributed by atoms with E-state index in [1.165, 1.54) is 0 Å². The molecule has 0 spiro atoms. The molecule has 0 aliphatic carbocycles. The number of aliphatic carboxylic acids is 1. The van der Waals surface area contributed by atoms with Crippen molar-refractivity contribution in [1.82, 2.24) is 19.7 Å². The van der Waals surface area contributed by atoms with Gasteiger partial charge in [0.15, 0.2) is 0 Å². The second kappa shape index (κ2) is 11.4. The predicted octanol–water partition coefficient (Wildman–Crippen LogP) is 4.73. The van der Waals surface area contributed by atoms with Crippen molar-refractivity contribution < 1.29 is 19.0 Å². The summed E-state index contributed by atoms with van der Waals surface area (Å²) in [5, 5.41) is 14.5. The molecule has 1 aliphatic rings. The summed E-state index contributed by atoms with van der Waals surface area (Å²) in [5.74, 6) is 0.143. The molecule has 0 saturated carbocycles. The van der Waals surface area contributed by atoms with Gasteiger partial charge >= 0.3 is 5.97 Å². The van der Waals surface area contributed by atoms with Gasteiger partial charge in [0.05, 0.1) is 12.6 Å². The van der Waals surface area contributed by atoms with Gasteiger partial charge in [-0.1, -0.05) is 0 Å². The van der Waals surface area contributed by atoms with Crippen molar-refractivity contribution in [3.05, 3.63) is 54.5 Å². The zero-order valence-corrected chi connectivity index (χ0v) is 19.6. The smallest absolute Gasteiger partial charge is 0.303 e. The third-order valence-electron chi connectivity index (χ3n) is 6.94. The van der Waals surface area contributed by atoms with Gasteiger partial charge in [-0.25, -0.2) is 4.39 Å². The second-order valence-corrected chi connectivity index (χ2v) is 9.16. The number of benzene rings is 1. The van der Waals surface area contributed by atoms with Crippen molar-refractivity contribution in [1.29, 1.82) is 0 Å². The molecule has 1 N–H and O–H groups in total. The average molecular weight is 469 g/mol. The Balaban J connectivity index is 1.35. The van der Waals surface area contributed by atoms with Gasteiger partial charge in [0.2, 0.25) is 0 Å². The van der Waals surface area contributed by atoms with E-state index in [9.17, 15) is 9.90 Å². The van der Waals surface area contributed by atoms with Crippen LogP contribution in [-0.2, 0) is 11.3 Å². The predicted molar refractivity (Wildman–Crippen MR) is 129 cm³/mol. The fourth-order valence-electron chi connectivity index (χ4n) is 5.15. The molecule has 4 rings (SSSR count). The van der Waals surface area contributed by atoms with Gasteiger partial charge < -0.3 is 14.7 Å². The van der Waals surface area contributed by atoms with E-state index >= 15 is 4.39 Å². The molecule has 1 aromatic carbocycles. The summed E-state index contributed by atoms with van der Waals surface area (Å²) in [7, 11) is 1.59. The Morgan fingerprint density at radius 1 is 1.26 bits per heavy atom. The lowest BCUT2D eigenvalue weighted by molar-refractivity contribution is -0.139. The first-order valence-corrected chi connectivity index (χ1v) is 12.0.